The molecule has 5 rings (SSSR count). The Labute approximate surface area is 192 Å². The fraction of sp³-hybridized carbons (Fsp3) is 0.111. The molecule has 6 nitrogen and oxygen atoms in total. The van der Waals surface area contributed by atoms with Crippen LogP contribution in [-0.4, -0.2) is 32.4 Å². The number of fused-ring (bicyclic) bond motifs is 1. The van der Waals surface area contributed by atoms with E-state index in [1.807, 2.05) is 24.3 Å². The molecule has 2 aromatic heterocycles. The van der Waals surface area contributed by atoms with Crippen molar-refractivity contribution in [1.29, 1.82) is 0 Å². The number of nitrogens with two attached hydrogens (primary N) is 1. The number of nitrogens with zero attached hydrogens (tertiary/aromatic N) is 3. The molecule has 0 aliphatic carbocycles. The van der Waals surface area contributed by atoms with Gasteiger partial charge in [0.25, 0.3) is 5.91 Å². The van der Waals surface area contributed by atoms with Crippen LogP contribution in [0.4, 0.5) is 0 Å². The summed E-state index contributed by atoms with van der Waals surface area (Å²) in [6, 6.07) is 26.2. The van der Waals surface area contributed by atoms with E-state index in [2.05, 4.69) is 81.3 Å². The van der Waals surface area contributed by atoms with Crippen molar-refractivity contribution in [2.75, 3.05) is 7.05 Å². The molecule has 0 aliphatic rings. The molecule has 5 aromatic rings. The van der Waals surface area contributed by atoms with Gasteiger partial charge in [-0.25, -0.2) is 4.98 Å². The molecule has 1 amide bonds. The van der Waals surface area contributed by atoms with Gasteiger partial charge >= 0.3 is 0 Å². The van der Waals surface area contributed by atoms with Gasteiger partial charge in [0.15, 0.2) is 0 Å². The maximum atomic E-state index is 11.7. The van der Waals surface area contributed by atoms with Gasteiger partial charge in [0.05, 0.1) is 11.1 Å². The lowest BCUT2D eigenvalue weighted by Crippen LogP contribution is -2.16. The van der Waals surface area contributed by atoms with E-state index in [1.54, 1.807) is 12.1 Å². The summed E-state index contributed by atoms with van der Waals surface area (Å²) >= 11 is 0. The lowest BCUT2D eigenvalue weighted by molar-refractivity contribution is 0.100. The number of imidazole rings is 1. The first-order valence-corrected chi connectivity index (χ1v) is 10.9. The number of rotatable bonds is 7. The summed E-state index contributed by atoms with van der Waals surface area (Å²) in [7, 11) is 2.13. The van der Waals surface area contributed by atoms with Crippen molar-refractivity contribution in [2.45, 2.75) is 13.1 Å². The van der Waals surface area contributed by atoms with Gasteiger partial charge in [-0.1, -0.05) is 48.5 Å². The summed E-state index contributed by atoms with van der Waals surface area (Å²) in [5.74, 6) is 0.222. The molecule has 164 valence electrons. The van der Waals surface area contributed by atoms with Crippen LogP contribution in [0.25, 0.3) is 28.1 Å². The van der Waals surface area contributed by atoms with Crippen molar-refractivity contribution in [3.8, 4) is 17.1 Å². The smallest absolute Gasteiger partial charge is 0.250 e. The maximum absolute atomic E-state index is 11.7. The number of hydrogen-bond donors (Lipinski definition) is 2. The average molecular weight is 436 g/mol. The van der Waals surface area contributed by atoms with Crippen molar-refractivity contribution in [3.05, 3.63) is 108 Å². The van der Waals surface area contributed by atoms with Gasteiger partial charge in [0.1, 0.15) is 11.3 Å². The Hall–Kier alpha value is -4.16. The van der Waals surface area contributed by atoms with E-state index in [0.717, 1.165) is 29.9 Å². The van der Waals surface area contributed by atoms with Crippen molar-refractivity contribution >= 4 is 16.9 Å². The molecule has 0 radical (unpaired) electrons. The molecule has 33 heavy (non-hydrogen) atoms. The van der Waals surface area contributed by atoms with Gasteiger partial charge in [-0.15, -0.1) is 0 Å². The fourth-order valence-corrected chi connectivity index (χ4v) is 4.14. The molecule has 0 bridgehead atoms. The third-order valence-corrected chi connectivity index (χ3v) is 5.70. The van der Waals surface area contributed by atoms with Gasteiger partial charge in [0, 0.05) is 36.7 Å². The van der Waals surface area contributed by atoms with Gasteiger partial charge in [0.2, 0.25) is 0 Å². The first kappa shape index (κ1) is 20.7. The Bertz CT molecular complexity index is 1420. The number of aromatic nitrogens is 3. The number of aromatic amines is 1. The Balaban J connectivity index is 1.37. The Morgan fingerprint density at radius 3 is 2.58 bits per heavy atom. The predicted molar refractivity (Wildman–Crippen MR) is 131 cm³/mol. The standard InChI is InChI=1S/C27H25N5O/c1-31(16-19-7-3-2-4-8-19)17-20-13-14-32(18-20)22-10-5-9-21(15-22)27-29-24-12-6-11-23(26(28)33)25(24)30-27/h2-15,18H,16-17H2,1H3,(H2,28,33)(H,29,30). The summed E-state index contributed by atoms with van der Waals surface area (Å²) in [6.45, 7) is 1.77. The molecule has 0 spiro atoms. The minimum absolute atomic E-state index is 0.417. The second-order valence-electron chi connectivity index (χ2n) is 8.29. The van der Waals surface area contributed by atoms with E-state index in [1.165, 1.54) is 11.1 Å². The van der Waals surface area contributed by atoms with Gasteiger partial charge in [-0.05, 0) is 48.5 Å². The van der Waals surface area contributed by atoms with Crippen LogP contribution in [0.1, 0.15) is 21.5 Å². The number of hydrogen-bond acceptors (Lipinski definition) is 3. The van der Waals surface area contributed by atoms with Crippen LogP contribution in [0.5, 0.6) is 0 Å². The first-order valence-electron chi connectivity index (χ1n) is 10.9. The van der Waals surface area contributed by atoms with E-state index in [4.69, 9.17) is 5.73 Å². The number of benzene rings is 3. The number of carbonyl (C=O) groups excluding carboxylic acids is 1. The molecule has 0 fully saturated rings. The number of H-pyrrole nitrogens is 1. The van der Waals surface area contributed by atoms with Crippen LogP contribution >= 0.6 is 0 Å². The molecular formula is C27H25N5O. The van der Waals surface area contributed by atoms with E-state index in [-0.39, 0.29) is 0 Å². The lowest BCUT2D eigenvalue weighted by atomic mass is 10.2. The Kier molecular flexibility index (Phi) is 5.50. The molecule has 3 aromatic carbocycles. The third-order valence-electron chi connectivity index (χ3n) is 5.70. The molecule has 0 unspecified atom stereocenters. The summed E-state index contributed by atoms with van der Waals surface area (Å²) in [5, 5.41) is 0. The zero-order chi connectivity index (χ0) is 22.8. The topological polar surface area (TPSA) is 79.9 Å². The number of carbonyl (C=O) groups is 1. The third kappa shape index (κ3) is 4.42. The molecule has 3 N–H and O–H groups in total. The van der Waals surface area contributed by atoms with Gasteiger partial charge in [-0.3, -0.25) is 9.69 Å². The number of amides is 1. The zero-order valence-corrected chi connectivity index (χ0v) is 18.4. The van der Waals surface area contributed by atoms with Crippen molar-refractivity contribution in [1.82, 2.24) is 19.4 Å². The first-order chi connectivity index (χ1) is 16.1. The van der Waals surface area contributed by atoms with Crippen molar-refractivity contribution < 1.29 is 4.79 Å². The van der Waals surface area contributed by atoms with Crippen LogP contribution in [0.2, 0.25) is 0 Å². The number of nitrogens with one attached hydrogen (secondary N) is 1. The summed E-state index contributed by atoms with van der Waals surface area (Å²) in [4.78, 5) is 22.0. The molecule has 2 heterocycles. The zero-order valence-electron chi connectivity index (χ0n) is 18.4. The average Bonchev–Trinajstić information content (AvgIpc) is 3.46. The van der Waals surface area contributed by atoms with Gasteiger partial charge in [-0.2, -0.15) is 0 Å². The lowest BCUT2D eigenvalue weighted by Gasteiger charge is -2.15. The highest BCUT2D eigenvalue weighted by molar-refractivity contribution is 6.04. The van der Waals surface area contributed by atoms with Crippen LogP contribution in [0, 0.1) is 0 Å². The Morgan fingerprint density at radius 2 is 1.76 bits per heavy atom. The van der Waals surface area contributed by atoms with E-state index in [9.17, 15) is 4.79 Å². The van der Waals surface area contributed by atoms with Gasteiger partial charge < -0.3 is 15.3 Å². The summed E-state index contributed by atoms with van der Waals surface area (Å²) < 4.78 is 2.12. The molecule has 0 saturated heterocycles. The second kappa shape index (κ2) is 8.76. The quantitative estimate of drug-likeness (QED) is 0.387. The van der Waals surface area contributed by atoms with E-state index in [0.29, 0.717) is 16.9 Å². The highest BCUT2D eigenvalue weighted by atomic mass is 16.1. The summed E-state index contributed by atoms with van der Waals surface area (Å²) in [6.07, 6.45) is 4.24. The molecule has 0 saturated carbocycles. The molecular weight excluding hydrogens is 410 g/mol. The molecule has 6 heteroatoms. The Morgan fingerprint density at radius 1 is 0.970 bits per heavy atom. The minimum Gasteiger partial charge on any atom is -0.366 e. The fourth-order valence-electron chi connectivity index (χ4n) is 4.14. The minimum atomic E-state index is -0.482. The van der Waals surface area contributed by atoms with Crippen LogP contribution in [0.3, 0.4) is 0 Å². The van der Waals surface area contributed by atoms with E-state index < -0.39 is 5.91 Å². The largest absolute Gasteiger partial charge is 0.366 e. The van der Waals surface area contributed by atoms with Crippen LogP contribution in [-0.2, 0) is 13.1 Å². The SMILES string of the molecule is CN(Cc1ccccc1)Cc1ccn(-c2cccc(-c3nc4c(C(N)=O)cccc4[nH]3)c2)c1. The number of para-hydroxylation sites is 1. The van der Waals surface area contributed by atoms with Crippen molar-refractivity contribution in [3.63, 3.8) is 0 Å². The highest BCUT2D eigenvalue weighted by Crippen LogP contribution is 2.25. The van der Waals surface area contributed by atoms with Crippen molar-refractivity contribution in [2.24, 2.45) is 5.73 Å². The molecule has 0 aliphatic heterocycles. The van der Waals surface area contributed by atoms with Crippen LogP contribution in [0.15, 0.2) is 91.3 Å². The molecule has 0 atom stereocenters. The maximum Gasteiger partial charge on any atom is 0.250 e. The monoisotopic (exact) mass is 435 g/mol. The summed E-state index contributed by atoms with van der Waals surface area (Å²) in [5.41, 5.74) is 11.8. The van der Waals surface area contributed by atoms with Crippen LogP contribution < -0.4 is 5.73 Å². The normalized spacial score (nSPS) is 11.3. The predicted octanol–water partition coefficient (Wildman–Crippen LogP) is 4.75. The highest BCUT2D eigenvalue weighted by Gasteiger charge is 2.13. The number of primary amides is 1. The van der Waals surface area contributed by atoms with E-state index >= 15 is 0 Å². The second-order valence-corrected chi connectivity index (χ2v) is 8.29.